The smallest absolute Gasteiger partial charge is 0.243 e. The first kappa shape index (κ1) is 16.4. The highest BCUT2D eigenvalue weighted by Gasteiger charge is 2.27. The van der Waals surface area contributed by atoms with Gasteiger partial charge in [0.05, 0.1) is 18.1 Å². The lowest BCUT2D eigenvalue weighted by Crippen LogP contribution is -2.46. The first-order valence-corrected chi connectivity index (χ1v) is 8.22. The van der Waals surface area contributed by atoms with Crippen LogP contribution in [-0.2, 0) is 10.0 Å². The van der Waals surface area contributed by atoms with E-state index in [1.165, 1.54) is 4.31 Å². The number of rotatable bonds is 2. The summed E-state index contributed by atoms with van der Waals surface area (Å²) >= 11 is 0. The summed E-state index contributed by atoms with van der Waals surface area (Å²) < 4.78 is 37.7. The quantitative estimate of drug-likeness (QED) is 0.869. The molecule has 0 amide bonds. The summed E-state index contributed by atoms with van der Waals surface area (Å²) in [6.07, 6.45) is 0.800. The molecule has 0 saturated carbocycles. The van der Waals surface area contributed by atoms with E-state index in [0.29, 0.717) is 50.9 Å². The summed E-state index contributed by atoms with van der Waals surface area (Å²) in [5.41, 5.74) is 0. The molecule has 1 aromatic rings. The molecule has 2 heterocycles. The summed E-state index contributed by atoms with van der Waals surface area (Å²) in [5.74, 6) is 1.13. The van der Waals surface area contributed by atoms with Crippen LogP contribution in [0.2, 0.25) is 0 Å². The first-order chi connectivity index (χ1) is 9.68. The normalized spacial score (nSPS) is 19.4. The molecule has 3 rings (SSSR count). The third-order valence-electron chi connectivity index (χ3n) is 3.43. The van der Waals surface area contributed by atoms with Gasteiger partial charge in [0.15, 0.2) is 11.5 Å². The molecule has 0 radical (unpaired) electrons. The van der Waals surface area contributed by atoms with E-state index in [9.17, 15) is 8.42 Å². The Morgan fingerprint density at radius 2 is 1.71 bits per heavy atom. The topological polar surface area (TPSA) is 67.9 Å². The Morgan fingerprint density at radius 1 is 1.05 bits per heavy atom. The highest BCUT2D eigenvalue weighted by atomic mass is 35.5. The Balaban J connectivity index is 0.00000161. The van der Waals surface area contributed by atoms with Gasteiger partial charge in [-0.25, -0.2) is 8.42 Å². The standard InChI is InChI=1S/C13H18N2O4S.ClH/c16-20(17,15-6-4-14-5-7-15)11-2-3-12-13(10-11)19-9-1-8-18-12;/h2-3,10,14H,1,4-9H2;1H. The van der Waals surface area contributed by atoms with E-state index in [1.54, 1.807) is 18.2 Å². The number of piperazine rings is 1. The zero-order valence-electron chi connectivity index (χ0n) is 11.6. The van der Waals surface area contributed by atoms with Gasteiger partial charge in [0.1, 0.15) is 0 Å². The van der Waals surface area contributed by atoms with Gasteiger partial charge in [-0.05, 0) is 12.1 Å². The monoisotopic (exact) mass is 334 g/mol. The van der Waals surface area contributed by atoms with Crippen molar-refractivity contribution in [2.24, 2.45) is 0 Å². The number of halogens is 1. The molecule has 0 atom stereocenters. The molecule has 118 valence electrons. The fraction of sp³-hybridized carbons (Fsp3) is 0.538. The SMILES string of the molecule is Cl.O=S(=O)(c1ccc2c(c1)OCCCO2)N1CCNCC1. The number of nitrogens with one attached hydrogen (secondary N) is 1. The van der Waals surface area contributed by atoms with Gasteiger partial charge >= 0.3 is 0 Å². The maximum Gasteiger partial charge on any atom is 0.243 e. The maximum atomic E-state index is 12.6. The Morgan fingerprint density at radius 3 is 2.43 bits per heavy atom. The molecule has 1 N–H and O–H groups in total. The average Bonchev–Trinajstić information content (AvgIpc) is 2.72. The van der Waals surface area contributed by atoms with Crippen molar-refractivity contribution in [2.75, 3.05) is 39.4 Å². The zero-order chi connectivity index (χ0) is 14.0. The van der Waals surface area contributed by atoms with E-state index < -0.39 is 10.0 Å². The zero-order valence-corrected chi connectivity index (χ0v) is 13.2. The fourth-order valence-electron chi connectivity index (χ4n) is 2.34. The largest absolute Gasteiger partial charge is 0.490 e. The number of fused-ring (bicyclic) bond motifs is 1. The number of benzene rings is 1. The summed E-state index contributed by atoms with van der Waals surface area (Å²) in [5, 5.41) is 3.15. The Kier molecular flexibility index (Phi) is 5.32. The highest BCUT2D eigenvalue weighted by molar-refractivity contribution is 7.89. The summed E-state index contributed by atoms with van der Waals surface area (Å²) in [6.45, 7) is 3.50. The number of hydrogen-bond donors (Lipinski definition) is 1. The van der Waals surface area contributed by atoms with Crippen molar-refractivity contribution >= 4 is 22.4 Å². The first-order valence-electron chi connectivity index (χ1n) is 6.78. The maximum absolute atomic E-state index is 12.6. The van der Waals surface area contributed by atoms with Crippen molar-refractivity contribution < 1.29 is 17.9 Å². The van der Waals surface area contributed by atoms with Crippen molar-refractivity contribution in [3.63, 3.8) is 0 Å². The van der Waals surface area contributed by atoms with E-state index in [4.69, 9.17) is 9.47 Å². The van der Waals surface area contributed by atoms with E-state index in [0.717, 1.165) is 6.42 Å². The lowest BCUT2D eigenvalue weighted by atomic mass is 10.3. The third kappa shape index (κ3) is 3.42. The van der Waals surface area contributed by atoms with E-state index in [1.807, 2.05) is 0 Å². The molecule has 0 unspecified atom stereocenters. The average molecular weight is 335 g/mol. The van der Waals surface area contributed by atoms with Crippen molar-refractivity contribution in [3.8, 4) is 11.5 Å². The predicted molar refractivity (Wildman–Crippen MR) is 80.9 cm³/mol. The van der Waals surface area contributed by atoms with Crippen LogP contribution in [0.15, 0.2) is 23.1 Å². The van der Waals surface area contributed by atoms with Crippen molar-refractivity contribution in [3.05, 3.63) is 18.2 Å². The molecule has 1 saturated heterocycles. The molecule has 6 nitrogen and oxygen atoms in total. The minimum Gasteiger partial charge on any atom is -0.490 e. The molecule has 0 spiro atoms. The summed E-state index contributed by atoms with van der Waals surface area (Å²) in [4.78, 5) is 0.267. The summed E-state index contributed by atoms with van der Waals surface area (Å²) in [7, 11) is -3.45. The molecule has 1 aromatic carbocycles. The van der Waals surface area contributed by atoms with Gasteiger partial charge in [0.2, 0.25) is 10.0 Å². The van der Waals surface area contributed by atoms with Gasteiger partial charge < -0.3 is 14.8 Å². The second-order valence-electron chi connectivity index (χ2n) is 4.81. The molecule has 0 aromatic heterocycles. The Hall–Kier alpha value is -1.02. The van der Waals surface area contributed by atoms with E-state index in [2.05, 4.69) is 5.32 Å². The Bertz CT molecular complexity index is 588. The number of nitrogens with zero attached hydrogens (tertiary/aromatic N) is 1. The second kappa shape index (κ2) is 6.83. The van der Waals surface area contributed by atoms with Crippen molar-refractivity contribution in [1.82, 2.24) is 9.62 Å². The van der Waals surface area contributed by atoms with E-state index in [-0.39, 0.29) is 17.3 Å². The van der Waals surface area contributed by atoms with Crippen LogP contribution in [0.25, 0.3) is 0 Å². The van der Waals surface area contributed by atoms with Gasteiger partial charge in [-0.1, -0.05) is 0 Å². The minimum absolute atomic E-state index is 0. The number of hydrogen-bond acceptors (Lipinski definition) is 5. The van der Waals surface area contributed by atoms with Crippen molar-refractivity contribution in [2.45, 2.75) is 11.3 Å². The lowest BCUT2D eigenvalue weighted by molar-refractivity contribution is 0.296. The molecule has 0 aliphatic carbocycles. The molecular formula is C13H19ClN2O4S. The molecule has 0 bridgehead atoms. The van der Waals surface area contributed by atoms with Crippen LogP contribution < -0.4 is 14.8 Å². The van der Waals surface area contributed by atoms with Gasteiger partial charge in [-0.15, -0.1) is 12.4 Å². The number of ether oxygens (including phenoxy) is 2. The van der Waals surface area contributed by atoms with Crippen LogP contribution in [0.1, 0.15) is 6.42 Å². The number of sulfonamides is 1. The Labute approximate surface area is 130 Å². The third-order valence-corrected chi connectivity index (χ3v) is 5.33. The van der Waals surface area contributed by atoms with Gasteiger partial charge in [-0.3, -0.25) is 0 Å². The molecule has 8 heteroatoms. The highest BCUT2D eigenvalue weighted by Crippen LogP contribution is 2.32. The van der Waals surface area contributed by atoms with Crippen LogP contribution in [0.4, 0.5) is 0 Å². The fourth-order valence-corrected chi connectivity index (χ4v) is 3.80. The second-order valence-corrected chi connectivity index (χ2v) is 6.75. The molecule has 2 aliphatic heterocycles. The van der Waals surface area contributed by atoms with E-state index >= 15 is 0 Å². The molecule has 1 fully saturated rings. The minimum atomic E-state index is -3.45. The molecular weight excluding hydrogens is 316 g/mol. The van der Waals surface area contributed by atoms with Gasteiger partial charge in [0, 0.05) is 38.7 Å². The van der Waals surface area contributed by atoms with Crippen LogP contribution in [0.3, 0.4) is 0 Å². The van der Waals surface area contributed by atoms with Gasteiger partial charge in [-0.2, -0.15) is 4.31 Å². The van der Waals surface area contributed by atoms with Crippen LogP contribution in [-0.4, -0.2) is 52.1 Å². The van der Waals surface area contributed by atoms with Crippen LogP contribution in [0.5, 0.6) is 11.5 Å². The molecule has 2 aliphatic rings. The summed E-state index contributed by atoms with van der Waals surface area (Å²) in [6, 6.07) is 4.83. The molecule has 21 heavy (non-hydrogen) atoms. The van der Waals surface area contributed by atoms with Crippen LogP contribution >= 0.6 is 12.4 Å². The van der Waals surface area contributed by atoms with Gasteiger partial charge in [0.25, 0.3) is 0 Å². The predicted octanol–water partition coefficient (Wildman–Crippen LogP) is 0.864. The lowest BCUT2D eigenvalue weighted by Gasteiger charge is -2.26. The van der Waals surface area contributed by atoms with Crippen LogP contribution in [0, 0.1) is 0 Å². The van der Waals surface area contributed by atoms with Crippen molar-refractivity contribution in [1.29, 1.82) is 0 Å².